The minimum Gasteiger partial charge on any atom is -0.321 e. The molecule has 0 spiro atoms. The standard InChI is InChI=1S/C17H15ClN2O/c1-12-4-9-15(18)16(11-12)20-17(21)14-7-5-13(6-8-14)3-2-10-19/h4-9,11H,10,19H2,1H3,(H,20,21). The van der Waals surface area contributed by atoms with E-state index in [4.69, 9.17) is 17.3 Å². The predicted molar refractivity (Wildman–Crippen MR) is 86.5 cm³/mol. The largest absolute Gasteiger partial charge is 0.321 e. The molecule has 2 aromatic rings. The molecule has 0 fully saturated rings. The van der Waals surface area contributed by atoms with E-state index in [-0.39, 0.29) is 5.91 Å². The summed E-state index contributed by atoms with van der Waals surface area (Å²) in [4.78, 5) is 12.2. The zero-order valence-electron chi connectivity index (χ0n) is 11.6. The summed E-state index contributed by atoms with van der Waals surface area (Å²) in [6.07, 6.45) is 0. The maximum atomic E-state index is 12.2. The second-order valence-corrected chi connectivity index (χ2v) is 4.93. The molecule has 0 bridgehead atoms. The van der Waals surface area contributed by atoms with Gasteiger partial charge in [0.05, 0.1) is 17.3 Å². The van der Waals surface area contributed by atoms with Crippen molar-refractivity contribution in [2.45, 2.75) is 6.92 Å². The van der Waals surface area contributed by atoms with Gasteiger partial charge in [-0.3, -0.25) is 4.79 Å². The number of halogens is 1. The fourth-order valence-corrected chi connectivity index (χ4v) is 1.95. The number of rotatable bonds is 2. The van der Waals surface area contributed by atoms with Crippen molar-refractivity contribution in [3.05, 3.63) is 64.2 Å². The van der Waals surface area contributed by atoms with E-state index in [1.165, 1.54) is 0 Å². The molecule has 0 radical (unpaired) electrons. The van der Waals surface area contributed by atoms with Gasteiger partial charge in [0, 0.05) is 11.1 Å². The molecule has 0 aliphatic carbocycles. The Morgan fingerprint density at radius 1 is 1.24 bits per heavy atom. The van der Waals surface area contributed by atoms with Crippen molar-refractivity contribution in [2.24, 2.45) is 5.73 Å². The Balaban J connectivity index is 2.15. The van der Waals surface area contributed by atoms with Crippen LogP contribution in [0.2, 0.25) is 5.02 Å². The van der Waals surface area contributed by atoms with Crippen LogP contribution in [0.15, 0.2) is 42.5 Å². The molecule has 0 saturated heterocycles. The molecule has 2 aromatic carbocycles. The number of carbonyl (C=O) groups excluding carboxylic acids is 1. The highest BCUT2D eigenvalue weighted by atomic mass is 35.5. The maximum Gasteiger partial charge on any atom is 0.255 e. The Bertz CT molecular complexity index is 712. The number of amides is 1. The highest BCUT2D eigenvalue weighted by molar-refractivity contribution is 6.33. The third kappa shape index (κ3) is 4.09. The molecule has 2 rings (SSSR count). The van der Waals surface area contributed by atoms with Crippen molar-refractivity contribution >= 4 is 23.2 Å². The van der Waals surface area contributed by atoms with Gasteiger partial charge in [-0.05, 0) is 48.9 Å². The lowest BCUT2D eigenvalue weighted by atomic mass is 10.1. The number of nitrogens with one attached hydrogen (secondary N) is 1. The van der Waals surface area contributed by atoms with Gasteiger partial charge in [-0.2, -0.15) is 0 Å². The van der Waals surface area contributed by atoms with Gasteiger partial charge in [-0.25, -0.2) is 0 Å². The monoisotopic (exact) mass is 298 g/mol. The van der Waals surface area contributed by atoms with Gasteiger partial charge in [0.1, 0.15) is 0 Å². The molecule has 21 heavy (non-hydrogen) atoms. The lowest BCUT2D eigenvalue weighted by molar-refractivity contribution is 0.102. The van der Waals surface area contributed by atoms with Crippen LogP contribution in [-0.2, 0) is 0 Å². The Morgan fingerprint density at radius 2 is 1.95 bits per heavy atom. The third-order valence-corrected chi connectivity index (χ3v) is 3.18. The van der Waals surface area contributed by atoms with Gasteiger partial charge in [-0.15, -0.1) is 0 Å². The average molecular weight is 299 g/mol. The highest BCUT2D eigenvalue weighted by Crippen LogP contribution is 2.23. The molecule has 3 nitrogen and oxygen atoms in total. The molecule has 0 aromatic heterocycles. The van der Waals surface area contributed by atoms with E-state index in [9.17, 15) is 4.79 Å². The quantitative estimate of drug-likeness (QED) is 0.837. The Kier molecular flexibility index (Phi) is 4.99. The molecule has 4 heteroatoms. The Labute approximate surface area is 129 Å². The fourth-order valence-electron chi connectivity index (χ4n) is 1.79. The Morgan fingerprint density at radius 3 is 2.62 bits per heavy atom. The van der Waals surface area contributed by atoms with Crippen molar-refractivity contribution in [3.63, 3.8) is 0 Å². The molecule has 0 aliphatic heterocycles. The number of hydrogen-bond donors (Lipinski definition) is 2. The minimum atomic E-state index is -0.208. The number of hydrogen-bond acceptors (Lipinski definition) is 2. The van der Waals surface area contributed by atoms with Crippen LogP contribution in [0.4, 0.5) is 5.69 Å². The molecule has 106 valence electrons. The van der Waals surface area contributed by atoms with Crippen molar-refractivity contribution in [3.8, 4) is 11.8 Å². The van der Waals surface area contributed by atoms with Gasteiger partial charge in [-0.1, -0.05) is 29.5 Å². The first-order chi connectivity index (χ1) is 10.1. The van der Waals surface area contributed by atoms with Gasteiger partial charge in [0.15, 0.2) is 0 Å². The summed E-state index contributed by atoms with van der Waals surface area (Å²) < 4.78 is 0. The molecule has 3 N–H and O–H groups in total. The maximum absolute atomic E-state index is 12.2. The van der Waals surface area contributed by atoms with Gasteiger partial charge < -0.3 is 11.1 Å². The molecular weight excluding hydrogens is 284 g/mol. The predicted octanol–water partition coefficient (Wildman–Crippen LogP) is 3.21. The topological polar surface area (TPSA) is 55.1 Å². The van der Waals surface area contributed by atoms with E-state index in [1.54, 1.807) is 30.3 Å². The second kappa shape index (κ2) is 6.94. The van der Waals surface area contributed by atoms with E-state index in [1.807, 2.05) is 19.1 Å². The number of aryl methyl sites for hydroxylation is 1. The number of nitrogens with two attached hydrogens (primary N) is 1. The van der Waals surface area contributed by atoms with Gasteiger partial charge in [0.25, 0.3) is 5.91 Å². The minimum absolute atomic E-state index is 0.208. The first-order valence-electron chi connectivity index (χ1n) is 6.46. The highest BCUT2D eigenvalue weighted by Gasteiger charge is 2.08. The molecule has 0 saturated carbocycles. The first-order valence-corrected chi connectivity index (χ1v) is 6.84. The van der Waals surface area contributed by atoms with Crippen LogP contribution in [0.1, 0.15) is 21.5 Å². The summed E-state index contributed by atoms with van der Waals surface area (Å²) in [5.74, 6) is 5.47. The van der Waals surface area contributed by atoms with Crippen molar-refractivity contribution in [1.29, 1.82) is 0 Å². The summed E-state index contributed by atoms with van der Waals surface area (Å²) in [6.45, 7) is 2.25. The van der Waals surface area contributed by atoms with Gasteiger partial charge in [0.2, 0.25) is 0 Å². The SMILES string of the molecule is Cc1ccc(Cl)c(NC(=O)c2ccc(C#CCN)cc2)c1. The van der Waals surface area contributed by atoms with E-state index in [2.05, 4.69) is 17.2 Å². The summed E-state index contributed by atoms with van der Waals surface area (Å²) in [6, 6.07) is 12.5. The van der Waals surface area contributed by atoms with Crippen LogP contribution in [-0.4, -0.2) is 12.5 Å². The Hall–Kier alpha value is -2.28. The number of benzene rings is 2. The van der Waals surface area contributed by atoms with Crippen molar-refractivity contribution < 1.29 is 4.79 Å². The fraction of sp³-hybridized carbons (Fsp3) is 0.118. The lowest BCUT2D eigenvalue weighted by Crippen LogP contribution is -2.12. The third-order valence-electron chi connectivity index (χ3n) is 2.85. The van der Waals surface area contributed by atoms with E-state index >= 15 is 0 Å². The second-order valence-electron chi connectivity index (χ2n) is 4.52. The smallest absolute Gasteiger partial charge is 0.255 e. The van der Waals surface area contributed by atoms with Crippen molar-refractivity contribution in [1.82, 2.24) is 0 Å². The summed E-state index contributed by atoms with van der Waals surface area (Å²) in [5.41, 5.74) is 8.32. The van der Waals surface area contributed by atoms with Crippen LogP contribution in [0.25, 0.3) is 0 Å². The zero-order chi connectivity index (χ0) is 15.2. The van der Waals surface area contributed by atoms with Gasteiger partial charge >= 0.3 is 0 Å². The lowest BCUT2D eigenvalue weighted by Gasteiger charge is -2.08. The first kappa shape index (κ1) is 15.1. The van der Waals surface area contributed by atoms with E-state index < -0.39 is 0 Å². The normalized spacial score (nSPS) is 9.67. The average Bonchev–Trinajstić information content (AvgIpc) is 2.49. The molecule has 0 unspecified atom stereocenters. The van der Waals surface area contributed by atoms with Crippen LogP contribution >= 0.6 is 11.6 Å². The molecule has 0 aliphatic rings. The molecular formula is C17H15ClN2O. The van der Waals surface area contributed by atoms with E-state index in [0.29, 0.717) is 22.8 Å². The number of carbonyl (C=O) groups is 1. The summed E-state index contributed by atoms with van der Waals surface area (Å²) in [7, 11) is 0. The molecule has 0 heterocycles. The van der Waals surface area contributed by atoms with Crippen molar-refractivity contribution in [2.75, 3.05) is 11.9 Å². The summed E-state index contributed by atoms with van der Waals surface area (Å²) >= 11 is 6.07. The van der Waals surface area contributed by atoms with Crippen LogP contribution < -0.4 is 11.1 Å². The van der Waals surface area contributed by atoms with Crippen LogP contribution in [0, 0.1) is 18.8 Å². The van der Waals surface area contributed by atoms with Crippen LogP contribution in [0.3, 0.4) is 0 Å². The summed E-state index contributed by atoms with van der Waals surface area (Å²) in [5, 5.41) is 3.32. The zero-order valence-corrected chi connectivity index (χ0v) is 12.4. The van der Waals surface area contributed by atoms with Crippen LogP contribution in [0.5, 0.6) is 0 Å². The molecule has 0 atom stereocenters. The molecule has 1 amide bonds. The van der Waals surface area contributed by atoms with E-state index in [0.717, 1.165) is 11.1 Å². The number of anilines is 1.